The fourth-order valence-electron chi connectivity index (χ4n) is 1.14. The monoisotopic (exact) mass is 301 g/mol. The zero-order valence-electron chi connectivity index (χ0n) is 8.32. The van der Waals surface area contributed by atoms with Crippen LogP contribution in [-0.2, 0) is 0 Å². The number of aromatic nitrogens is 2. The first-order valence-corrected chi connectivity index (χ1v) is 5.25. The van der Waals surface area contributed by atoms with Crippen LogP contribution < -0.4 is 10.5 Å². The maximum Gasteiger partial charge on any atom is 0.238 e. The van der Waals surface area contributed by atoms with Crippen LogP contribution in [0, 0.1) is 11.6 Å². The van der Waals surface area contributed by atoms with Crippen molar-refractivity contribution < 1.29 is 13.5 Å². The van der Waals surface area contributed by atoms with Crippen LogP contribution in [0.15, 0.2) is 29.0 Å². The largest absolute Gasteiger partial charge is 0.437 e. The van der Waals surface area contributed by atoms with Gasteiger partial charge in [0.05, 0.1) is 0 Å². The summed E-state index contributed by atoms with van der Waals surface area (Å²) in [5, 5.41) is 0. The van der Waals surface area contributed by atoms with E-state index in [4.69, 9.17) is 10.5 Å². The maximum absolute atomic E-state index is 12.9. The summed E-state index contributed by atoms with van der Waals surface area (Å²) >= 11 is 3.11. The molecule has 2 aromatic rings. The molecule has 0 atom stereocenters. The molecule has 0 aliphatic rings. The van der Waals surface area contributed by atoms with Crippen molar-refractivity contribution in [2.45, 2.75) is 0 Å². The molecule has 0 fully saturated rings. The zero-order chi connectivity index (χ0) is 12.4. The molecular weight excluding hydrogens is 296 g/mol. The molecule has 0 saturated carbocycles. The average molecular weight is 302 g/mol. The van der Waals surface area contributed by atoms with Crippen molar-refractivity contribution in [2.75, 3.05) is 5.73 Å². The van der Waals surface area contributed by atoms with Crippen LogP contribution in [0.25, 0.3) is 0 Å². The molecule has 1 heterocycles. The first-order chi connectivity index (χ1) is 8.06. The number of rotatable bonds is 2. The minimum absolute atomic E-state index is 0.0127. The lowest BCUT2D eigenvalue weighted by Crippen LogP contribution is -1.97. The van der Waals surface area contributed by atoms with E-state index in [9.17, 15) is 8.78 Å². The Balaban J connectivity index is 2.34. The van der Waals surface area contributed by atoms with Gasteiger partial charge in [0.1, 0.15) is 34.0 Å². The molecule has 0 amide bonds. The predicted octanol–water partition coefficient (Wildman–Crippen LogP) is 2.89. The number of anilines is 1. The lowest BCUT2D eigenvalue weighted by Gasteiger charge is -2.07. The second-order valence-corrected chi connectivity index (χ2v) is 3.88. The Bertz CT molecular complexity index is 545. The summed E-state index contributed by atoms with van der Waals surface area (Å²) in [7, 11) is 0. The summed E-state index contributed by atoms with van der Waals surface area (Å²) in [5.74, 6) is -1.23. The van der Waals surface area contributed by atoms with Crippen molar-refractivity contribution in [1.29, 1.82) is 0 Å². The fraction of sp³-hybridized carbons (Fsp3) is 0. The third kappa shape index (κ3) is 2.68. The Morgan fingerprint density at radius 3 is 2.41 bits per heavy atom. The number of nitrogens with two attached hydrogens (primary N) is 1. The number of halogens is 3. The fourth-order valence-corrected chi connectivity index (χ4v) is 1.42. The molecule has 0 aliphatic carbocycles. The van der Waals surface area contributed by atoms with E-state index in [0.717, 1.165) is 18.2 Å². The van der Waals surface area contributed by atoms with Crippen LogP contribution in [-0.4, -0.2) is 9.97 Å². The first kappa shape index (κ1) is 11.7. The lowest BCUT2D eigenvalue weighted by molar-refractivity contribution is 0.447. The smallest absolute Gasteiger partial charge is 0.238 e. The van der Waals surface area contributed by atoms with Crippen LogP contribution in [0.4, 0.5) is 14.6 Å². The molecule has 2 N–H and O–H groups in total. The maximum atomic E-state index is 12.9. The summed E-state index contributed by atoms with van der Waals surface area (Å²) in [4.78, 5) is 7.50. The van der Waals surface area contributed by atoms with Crippen molar-refractivity contribution in [2.24, 2.45) is 0 Å². The van der Waals surface area contributed by atoms with E-state index >= 15 is 0 Å². The molecular formula is C10H6BrF2N3O. The first-order valence-electron chi connectivity index (χ1n) is 4.46. The predicted molar refractivity (Wildman–Crippen MR) is 60.6 cm³/mol. The Hall–Kier alpha value is -1.76. The van der Waals surface area contributed by atoms with Crippen LogP contribution >= 0.6 is 15.9 Å². The van der Waals surface area contributed by atoms with Gasteiger partial charge in [0, 0.05) is 18.2 Å². The van der Waals surface area contributed by atoms with E-state index in [1.54, 1.807) is 0 Å². The van der Waals surface area contributed by atoms with E-state index < -0.39 is 11.6 Å². The molecule has 0 bridgehead atoms. The molecule has 0 saturated heterocycles. The van der Waals surface area contributed by atoms with Crippen molar-refractivity contribution in [1.82, 2.24) is 9.97 Å². The summed E-state index contributed by atoms with van der Waals surface area (Å²) in [6, 6.07) is 2.82. The molecule has 2 rings (SSSR count). The Morgan fingerprint density at radius 2 is 1.76 bits per heavy atom. The number of nitrogens with zero attached hydrogens (tertiary/aromatic N) is 2. The molecule has 0 aliphatic heterocycles. The minimum atomic E-state index is -0.738. The summed E-state index contributed by atoms with van der Waals surface area (Å²) in [6.45, 7) is 0. The molecule has 0 spiro atoms. The van der Waals surface area contributed by atoms with Gasteiger partial charge in [0.2, 0.25) is 5.88 Å². The Kier molecular flexibility index (Phi) is 3.19. The van der Waals surface area contributed by atoms with Crippen molar-refractivity contribution in [3.63, 3.8) is 0 Å². The number of nitrogen functional groups attached to an aromatic ring is 1. The van der Waals surface area contributed by atoms with E-state index in [0.29, 0.717) is 4.47 Å². The Labute approximate surface area is 104 Å². The van der Waals surface area contributed by atoms with Gasteiger partial charge in [-0.15, -0.1) is 0 Å². The Morgan fingerprint density at radius 1 is 1.12 bits per heavy atom. The second kappa shape index (κ2) is 4.62. The molecule has 0 radical (unpaired) electrons. The molecule has 0 unspecified atom stereocenters. The van der Waals surface area contributed by atoms with E-state index in [1.165, 1.54) is 6.33 Å². The van der Waals surface area contributed by atoms with Gasteiger partial charge in [-0.2, -0.15) is 0 Å². The molecule has 7 heteroatoms. The van der Waals surface area contributed by atoms with Gasteiger partial charge in [-0.05, 0) is 15.9 Å². The van der Waals surface area contributed by atoms with Crippen LogP contribution in [0.3, 0.4) is 0 Å². The average Bonchev–Trinajstić information content (AvgIpc) is 2.23. The molecule has 4 nitrogen and oxygen atoms in total. The van der Waals surface area contributed by atoms with Crippen molar-refractivity contribution in [3.8, 4) is 11.6 Å². The second-order valence-electron chi connectivity index (χ2n) is 3.09. The standard InChI is InChI=1S/C10H6BrF2N3O/c11-8-9(14)15-4-16-10(8)17-7-2-5(12)1-6(13)3-7/h1-4H,(H2,14,15,16). The van der Waals surface area contributed by atoms with Gasteiger partial charge in [-0.1, -0.05) is 0 Å². The summed E-state index contributed by atoms with van der Waals surface area (Å²) in [6.07, 6.45) is 1.19. The zero-order valence-corrected chi connectivity index (χ0v) is 9.91. The van der Waals surface area contributed by atoms with Gasteiger partial charge in [0.25, 0.3) is 0 Å². The normalized spacial score (nSPS) is 10.3. The summed E-state index contributed by atoms with van der Waals surface area (Å²) < 4.78 is 31.4. The molecule has 1 aromatic heterocycles. The van der Waals surface area contributed by atoms with E-state index in [2.05, 4.69) is 25.9 Å². The number of hydrogen-bond donors (Lipinski definition) is 1. The van der Waals surface area contributed by atoms with E-state index in [-0.39, 0.29) is 17.4 Å². The quantitative estimate of drug-likeness (QED) is 0.926. The van der Waals surface area contributed by atoms with Crippen LogP contribution in [0.5, 0.6) is 11.6 Å². The SMILES string of the molecule is Nc1ncnc(Oc2cc(F)cc(F)c2)c1Br. The highest BCUT2D eigenvalue weighted by molar-refractivity contribution is 9.10. The molecule has 1 aromatic carbocycles. The highest BCUT2D eigenvalue weighted by Crippen LogP contribution is 2.30. The third-order valence-electron chi connectivity index (χ3n) is 1.84. The minimum Gasteiger partial charge on any atom is -0.437 e. The molecule has 17 heavy (non-hydrogen) atoms. The van der Waals surface area contributed by atoms with Crippen molar-refractivity contribution >= 4 is 21.7 Å². The highest BCUT2D eigenvalue weighted by atomic mass is 79.9. The van der Waals surface area contributed by atoms with Gasteiger partial charge in [-0.3, -0.25) is 0 Å². The van der Waals surface area contributed by atoms with Gasteiger partial charge in [0.15, 0.2) is 0 Å². The summed E-state index contributed by atoms with van der Waals surface area (Å²) in [5.41, 5.74) is 5.51. The highest BCUT2D eigenvalue weighted by Gasteiger charge is 2.09. The van der Waals surface area contributed by atoms with Crippen LogP contribution in [0.1, 0.15) is 0 Å². The number of ether oxygens (including phenoxy) is 1. The van der Waals surface area contributed by atoms with Gasteiger partial charge >= 0.3 is 0 Å². The van der Waals surface area contributed by atoms with Gasteiger partial charge in [-0.25, -0.2) is 18.7 Å². The lowest BCUT2D eigenvalue weighted by atomic mass is 10.3. The van der Waals surface area contributed by atoms with Crippen LogP contribution in [0.2, 0.25) is 0 Å². The van der Waals surface area contributed by atoms with Crippen molar-refractivity contribution in [3.05, 3.63) is 40.6 Å². The topological polar surface area (TPSA) is 61.0 Å². The third-order valence-corrected chi connectivity index (χ3v) is 2.58. The van der Waals surface area contributed by atoms with Gasteiger partial charge < -0.3 is 10.5 Å². The number of hydrogen-bond acceptors (Lipinski definition) is 4. The van der Waals surface area contributed by atoms with E-state index in [1.807, 2.05) is 0 Å². The number of benzene rings is 1. The molecule has 88 valence electrons.